The summed E-state index contributed by atoms with van der Waals surface area (Å²) in [5.41, 5.74) is 1.31. The predicted octanol–water partition coefficient (Wildman–Crippen LogP) is 0.333. The minimum atomic E-state index is -1.05. The highest BCUT2D eigenvalue weighted by Crippen LogP contribution is 2.08. The quantitative estimate of drug-likeness (QED) is 0.784. The molecule has 0 amide bonds. The van der Waals surface area contributed by atoms with Crippen LogP contribution < -0.4 is 4.84 Å². The van der Waals surface area contributed by atoms with E-state index >= 15 is 0 Å². The van der Waals surface area contributed by atoms with Crippen LogP contribution in [0.5, 0.6) is 0 Å². The third-order valence-corrected chi connectivity index (χ3v) is 1.93. The summed E-state index contributed by atoms with van der Waals surface area (Å²) in [5.74, 6) is -1.05. The van der Waals surface area contributed by atoms with Gasteiger partial charge in [0.2, 0.25) is 6.10 Å². The van der Waals surface area contributed by atoms with Crippen LogP contribution in [0.15, 0.2) is 24.3 Å². The molecule has 0 aliphatic carbocycles. The largest absolute Gasteiger partial charge is 0.478 e. The maximum atomic E-state index is 10.6. The maximum absolute atomic E-state index is 10.6. The fraction of sp³-hybridized carbons (Fsp3) is 0.222. The zero-order valence-corrected chi connectivity index (χ0v) is 7.99. The fourth-order valence-corrected chi connectivity index (χ4v) is 1.12. The number of carboxylic acids is 1. The first-order valence-electron chi connectivity index (χ1n) is 4.39. The number of aliphatic carboxylic acids is 1. The van der Waals surface area contributed by atoms with Gasteiger partial charge < -0.3 is 9.94 Å². The summed E-state index contributed by atoms with van der Waals surface area (Å²) in [6, 6.07) is 7.15. The summed E-state index contributed by atoms with van der Waals surface area (Å²) in [7, 11) is 0. The van der Waals surface area contributed by atoms with Crippen molar-refractivity contribution in [1.29, 1.82) is 0 Å². The maximum Gasteiger partial charge on any atom is 0.347 e. The summed E-state index contributed by atoms with van der Waals surface area (Å²) >= 11 is 0. The summed E-state index contributed by atoms with van der Waals surface area (Å²) in [6.07, 6.45) is -0.963. The van der Waals surface area contributed by atoms with Crippen LogP contribution in [-0.4, -0.2) is 32.3 Å². The van der Waals surface area contributed by atoms with Gasteiger partial charge in [-0.05, 0) is 24.3 Å². The molecular weight excluding hydrogens is 198 g/mol. The van der Waals surface area contributed by atoms with Crippen molar-refractivity contribution in [2.24, 2.45) is 0 Å². The van der Waals surface area contributed by atoms with Crippen LogP contribution in [0.1, 0.15) is 6.92 Å². The summed E-state index contributed by atoms with van der Waals surface area (Å²) in [4.78, 5) is 16.8. The highest BCUT2D eigenvalue weighted by Gasteiger charge is 2.15. The van der Waals surface area contributed by atoms with E-state index in [4.69, 9.17) is 9.94 Å². The molecule has 6 heteroatoms. The molecule has 1 aromatic heterocycles. The van der Waals surface area contributed by atoms with Crippen molar-refractivity contribution < 1.29 is 14.7 Å². The van der Waals surface area contributed by atoms with E-state index in [1.54, 1.807) is 18.2 Å². The second-order valence-corrected chi connectivity index (χ2v) is 3.04. The van der Waals surface area contributed by atoms with E-state index in [0.29, 0.717) is 11.0 Å². The number of aromatic nitrogens is 3. The van der Waals surface area contributed by atoms with Gasteiger partial charge in [0.05, 0.1) is 0 Å². The smallest absolute Gasteiger partial charge is 0.347 e. The molecule has 78 valence electrons. The molecule has 2 aromatic rings. The van der Waals surface area contributed by atoms with E-state index in [9.17, 15) is 4.79 Å². The number of benzene rings is 1. The zero-order chi connectivity index (χ0) is 10.8. The van der Waals surface area contributed by atoms with Gasteiger partial charge in [0.15, 0.2) is 0 Å². The molecule has 0 aliphatic rings. The number of carbonyl (C=O) groups is 1. The van der Waals surface area contributed by atoms with E-state index in [1.165, 1.54) is 6.92 Å². The standard InChI is InChI=1S/C9H9N3O3/c1-6(9(13)14)15-12-8-5-3-2-4-7(8)10-11-12/h2-6H,1H3,(H,13,14). The topological polar surface area (TPSA) is 77.2 Å². The van der Waals surface area contributed by atoms with Crippen LogP contribution in [0.2, 0.25) is 0 Å². The predicted molar refractivity (Wildman–Crippen MR) is 51.2 cm³/mol. The molecule has 0 fully saturated rings. The van der Waals surface area contributed by atoms with Gasteiger partial charge in [-0.3, -0.25) is 0 Å². The second kappa shape index (κ2) is 3.56. The van der Waals surface area contributed by atoms with Crippen molar-refractivity contribution in [3.8, 4) is 0 Å². The van der Waals surface area contributed by atoms with Crippen molar-refractivity contribution in [2.75, 3.05) is 0 Å². The molecule has 1 unspecified atom stereocenters. The number of nitrogens with zero attached hydrogens (tertiary/aromatic N) is 3. The van der Waals surface area contributed by atoms with Gasteiger partial charge in [0.1, 0.15) is 11.0 Å². The van der Waals surface area contributed by atoms with Crippen molar-refractivity contribution >= 4 is 17.0 Å². The van der Waals surface area contributed by atoms with Crippen LogP contribution in [0.4, 0.5) is 0 Å². The van der Waals surface area contributed by atoms with Crippen molar-refractivity contribution in [2.45, 2.75) is 13.0 Å². The molecule has 15 heavy (non-hydrogen) atoms. The molecular formula is C9H9N3O3. The van der Waals surface area contributed by atoms with Crippen molar-refractivity contribution in [1.82, 2.24) is 15.2 Å². The number of rotatable bonds is 3. The number of para-hydroxylation sites is 1. The molecule has 1 N–H and O–H groups in total. The molecule has 0 aliphatic heterocycles. The highest BCUT2D eigenvalue weighted by atomic mass is 16.7. The van der Waals surface area contributed by atoms with Gasteiger partial charge in [-0.25, -0.2) is 4.79 Å². The van der Waals surface area contributed by atoms with Gasteiger partial charge in [0, 0.05) is 0 Å². The molecule has 1 atom stereocenters. The van der Waals surface area contributed by atoms with Crippen LogP contribution >= 0.6 is 0 Å². The Morgan fingerprint density at radius 3 is 3.00 bits per heavy atom. The minimum absolute atomic E-state index is 0.644. The molecule has 2 rings (SSSR count). The Kier molecular flexibility index (Phi) is 2.24. The highest BCUT2D eigenvalue weighted by molar-refractivity contribution is 5.74. The lowest BCUT2D eigenvalue weighted by molar-refractivity contribution is -0.150. The van der Waals surface area contributed by atoms with Gasteiger partial charge in [-0.15, -0.1) is 5.10 Å². The molecule has 0 saturated heterocycles. The summed E-state index contributed by atoms with van der Waals surface area (Å²) in [5, 5.41) is 16.2. The monoisotopic (exact) mass is 207 g/mol. The molecule has 1 aromatic carbocycles. The molecule has 0 bridgehead atoms. The van der Waals surface area contributed by atoms with E-state index in [1.807, 2.05) is 6.07 Å². The van der Waals surface area contributed by atoms with Crippen molar-refractivity contribution in [3.05, 3.63) is 24.3 Å². The Morgan fingerprint density at radius 2 is 2.27 bits per heavy atom. The number of carboxylic acid groups (broad SMARTS) is 1. The van der Waals surface area contributed by atoms with E-state index < -0.39 is 12.1 Å². The Balaban J connectivity index is 2.32. The van der Waals surface area contributed by atoms with Crippen LogP contribution in [0.25, 0.3) is 11.0 Å². The zero-order valence-electron chi connectivity index (χ0n) is 7.99. The summed E-state index contributed by atoms with van der Waals surface area (Å²) < 4.78 is 0. The van der Waals surface area contributed by atoms with Gasteiger partial charge in [0.25, 0.3) is 0 Å². The number of hydrogen-bond donors (Lipinski definition) is 1. The molecule has 6 nitrogen and oxygen atoms in total. The number of fused-ring (bicyclic) bond motifs is 1. The van der Waals surface area contributed by atoms with Crippen LogP contribution in [-0.2, 0) is 4.79 Å². The first-order chi connectivity index (χ1) is 7.18. The number of hydrogen-bond acceptors (Lipinski definition) is 4. The van der Waals surface area contributed by atoms with Crippen LogP contribution in [0.3, 0.4) is 0 Å². The van der Waals surface area contributed by atoms with Gasteiger partial charge in [-0.1, -0.05) is 17.0 Å². The second-order valence-electron chi connectivity index (χ2n) is 3.04. The SMILES string of the molecule is CC(On1nnc2ccccc21)C(=O)O. The average molecular weight is 207 g/mol. The third kappa shape index (κ3) is 1.74. The van der Waals surface area contributed by atoms with Crippen LogP contribution in [0, 0.1) is 0 Å². The first-order valence-corrected chi connectivity index (χ1v) is 4.39. The minimum Gasteiger partial charge on any atom is -0.478 e. The van der Waals surface area contributed by atoms with Crippen molar-refractivity contribution in [3.63, 3.8) is 0 Å². The first kappa shape index (κ1) is 9.45. The molecule has 0 saturated carbocycles. The Labute approximate surface area is 85.0 Å². The normalized spacial score (nSPS) is 12.6. The lowest BCUT2D eigenvalue weighted by atomic mass is 10.3. The lowest BCUT2D eigenvalue weighted by Gasteiger charge is -2.08. The van der Waals surface area contributed by atoms with Gasteiger partial charge >= 0.3 is 5.97 Å². The Morgan fingerprint density at radius 1 is 1.53 bits per heavy atom. The van der Waals surface area contributed by atoms with Gasteiger partial charge in [-0.2, -0.15) is 0 Å². The van der Waals surface area contributed by atoms with E-state index in [0.717, 1.165) is 4.85 Å². The Bertz CT molecular complexity index is 494. The molecule has 0 spiro atoms. The Hall–Kier alpha value is -2.11. The molecule has 1 heterocycles. The third-order valence-electron chi connectivity index (χ3n) is 1.93. The fourth-order valence-electron chi connectivity index (χ4n) is 1.12. The molecule has 0 radical (unpaired) electrons. The lowest BCUT2D eigenvalue weighted by Crippen LogP contribution is -2.30. The summed E-state index contributed by atoms with van der Waals surface area (Å²) in [6.45, 7) is 1.43. The average Bonchev–Trinajstić information content (AvgIpc) is 2.62. The van der Waals surface area contributed by atoms with E-state index in [-0.39, 0.29) is 0 Å². The van der Waals surface area contributed by atoms with E-state index in [2.05, 4.69) is 10.3 Å².